The van der Waals surface area contributed by atoms with Gasteiger partial charge in [-0.3, -0.25) is 4.79 Å². The van der Waals surface area contributed by atoms with E-state index in [-0.39, 0.29) is 36.6 Å². The molecule has 7 heteroatoms. The van der Waals surface area contributed by atoms with Crippen molar-refractivity contribution in [2.24, 2.45) is 22.7 Å². The Bertz CT molecular complexity index is 941. The van der Waals surface area contributed by atoms with E-state index < -0.39 is 12.0 Å². The van der Waals surface area contributed by atoms with Crippen LogP contribution < -0.4 is 5.32 Å². The van der Waals surface area contributed by atoms with Crippen LogP contribution in [-0.4, -0.2) is 54.3 Å². The van der Waals surface area contributed by atoms with E-state index in [4.69, 9.17) is 14.5 Å². The predicted octanol–water partition coefficient (Wildman–Crippen LogP) is 4.39. The molecular weight excluding hydrogens is 444 g/mol. The largest absolute Gasteiger partial charge is 0.478 e. The second kappa shape index (κ2) is 11.1. The lowest BCUT2D eigenvalue weighted by Crippen LogP contribution is -2.35. The third kappa shape index (κ3) is 5.55. The van der Waals surface area contributed by atoms with Crippen molar-refractivity contribution in [2.75, 3.05) is 13.2 Å². The van der Waals surface area contributed by atoms with Crippen molar-refractivity contribution in [1.82, 2.24) is 5.32 Å². The summed E-state index contributed by atoms with van der Waals surface area (Å²) in [5, 5.41) is 12.6. The van der Waals surface area contributed by atoms with Gasteiger partial charge in [-0.25, -0.2) is 9.79 Å². The fourth-order valence-electron chi connectivity index (χ4n) is 6.61. The molecule has 1 aromatic carbocycles. The smallest absolute Gasteiger partial charge is 0.335 e. The van der Waals surface area contributed by atoms with E-state index in [1.807, 2.05) is 12.1 Å². The molecule has 2 N–H and O–H groups in total. The van der Waals surface area contributed by atoms with E-state index >= 15 is 0 Å². The summed E-state index contributed by atoms with van der Waals surface area (Å²) >= 11 is 0. The van der Waals surface area contributed by atoms with E-state index in [9.17, 15) is 14.7 Å². The summed E-state index contributed by atoms with van der Waals surface area (Å²) < 4.78 is 12.2. The molecular formula is C28H38N2O5. The van der Waals surface area contributed by atoms with Crippen LogP contribution in [0.1, 0.15) is 80.1 Å². The lowest BCUT2D eigenvalue weighted by Gasteiger charge is -2.27. The van der Waals surface area contributed by atoms with Crippen molar-refractivity contribution in [3.05, 3.63) is 35.4 Å². The summed E-state index contributed by atoms with van der Waals surface area (Å²) in [6.45, 7) is 0.967. The number of ether oxygens (including phenoxy) is 2. The molecule has 2 bridgehead atoms. The fourth-order valence-corrected chi connectivity index (χ4v) is 6.61. The van der Waals surface area contributed by atoms with Gasteiger partial charge in [-0.1, -0.05) is 63.1 Å². The molecule has 2 saturated heterocycles. The van der Waals surface area contributed by atoms with E-state index in [2.05, 4.69) is 5.32 Å². The molecule has 35 heavy (non-hydrogen) atoms. The van der Waals surface area contributed by atoms with Gasteiger partial charge in [0.15, 0.2) is 11.9 Å². The first-order valence-corrected chi connectivity index (χ1v) is 13.5. The second-order valence-corrected chi connectivity index (χ2v) is 10.7. The van der Waals surface area contributed by atoms with Gasteiger partial charge in [0.25, 0.3) is 0 Å². The molecule has 190 valence electrons. The average Bonchev–Trinajstić information content (AvgIpc) is 3.61. The van der Waals surface area contributed by atoms with Crippen LogP contribution in [0.3, 0.4) is 0 Å². The van der Waals surface area contributed by atoms with Crippen molar-refractivity contribution in [1.29, 1.82) is 0 Å². The second-order valence-electron chi connectivity index (χ2n) is 10.7. The lowest BCUT2D eigenvalue weighted by atomic mass is 9.75. The number of carboxylic acid groups (broad SMARTS) is 1. The number of hydrogen-bond acceptors (Lipinski definition) is 5. The van der Waals surface area contributed by atoms with Crippen LogP contribution in [0.4, 0.5) is 0 Å². The Morgan fingerprint density at radius 1 is 1.03 bits per heavy atom. The molecule has 0 aromatic heterocycles. The monoisotopic (exact) mass is 482 g/mol. The number of nitrogens with zero attached hydrogens (tertiary/aromatic N) is 1. The highest BCUT2D eigenvalue weighted by atomic mass is 16.5. The minimum atomic E-state index is -0.911. The maximum Gasteiger partial charge on any atom is 0.335 e. The van der Waals surface area contributed by atoms with Gasteiger partial charge in [-0.05, 0) is 43.2 Å². The lowest BCUT2D eigenvalue weighted by molar-refractivity contribution is -0.122. The number of carbonyl (C=O) groups is 2. The molecule has 7 nitrogen and oxygen atoms in total. The summed E-state index contributed by atoms with van der Waals surface area (Å²) in [5.41, 5.74) is 1.15. The predicted molar refractivity (Wildman–Crippen MR) is 133 cm³/mol. The van der Waals surface area contributed by atoms with E-state index in [1.54, 1.807) is 12.1 Å². The SMILES string of the molecule is O=C(O)c1ccccc1C[C@@H]1[C@H](C2=NC(C(=O)NCCCCC3CCCCC3)CO2)[C@H]2CC[C@@H]1O2. The third-order valence-electron chi connectivity index (χ3n) is 8.45. The first kappa shape index (κ1) is 24.3. The number of carbonyl (C=O) groups excluding carboxylic acids is 1. The standard InChI is InChI=1S/C28H38N2O5/c31-26(29-15-7-6-10-18-8-2-1-3-9-18)22-17-34-27(30-22)25-21(23-13-14-24(25)35-23)16-19-11-4-5-12-20(19)28(32)33/h4-5,11-12,18,21-25H,1-3,6-10,13-17H2,(H,29,31)(H,32,33)/t21-,22?,23-,24+,25-/m0/s1. The quantitative estimate of drug-likeness (QED) is 0.482. The zero-order valence-electron chi connectivity index (χ0n) is 20.5. The molecule has 1 saturated carbocycles. The first-order chi connectivity index (χ1) is 17.1. The number of aromatic carboxylic acids is 1. The molecule has 1 unspecified atom stereocenters. The van der Waals surface area contributed by atoms with Crippen LogP contribution in [0.5, 0.6) is 0 Å². The van der Waals surface area contributed by atoms with Crippen LogP contribution in [0, 0.1) is 17.8 Å². The van der Waals surface area contributed by atoms with Gasteiger partial charge in [-0.15, -0.1) is 0 Å². The average molecular weight is 483 g/mol. The van der Waals surface area contributed by atoms with E-state index in [1.165, 1.54) is 44.9 Å². The Morgan fingerprint density at radius 2 is 1.83 bits per heavy atom. The number of nitrogens with one attached hydrogen (secondary N) is 1. The van der Waals surface area contributed by atoms with E-state index in [0.29, 0.717) is 24.4 Å². The number of unbranched alkanes of at least 4 members (excludes halogenated alkanes) is 1. The Kier molecular flexibility index (Phi) is 7.71. The van der Waals surface area contributed by atoms with Crippen LogP contribution >= 0.6 is 0 Å². The molecule has 5 rings (SSSR count). The number of hydrogen-bond donors (Lipinski definition) is 2. The number of amides is 1. The van der Waals surface area contributed by atoms with Crippen LogP contribution in [0.15, 0.2) is 29.3 Å². The Hall–Kier alpha value is -2.41. The number of benzene rings is 1. The molecule has 5 atom stereocenters. The van der Waals surface area contributed by atoms with Crippen LogP contribution in [0.2, 0.25) is 0 Å². The molecule has 1 aromatic rings. The van der Waals surface area contributed by atoms with Crippen molar-refractivity contribution >= 4 is 17.8 Å². The van der Waals surface area contributed by atoms with Gasteiger partial charge in [0, 0.05) is 12.5 Å². The highest BCUT2D eigenvalue weighted by molar-refractivity contribution is 5.91. The molecule has 3 aliphatic heterocycles. The Morgan fingerprint density at radius 3 is 2.66 bits per heavy atom. The van der Waals surface area contributed by atoms with Gasteiger partial charge >= 0.3 is 5.97 Å². The highest BCUT2D eigenvalue weighted by Gasteiger charge is 2.53. The highest BCUT2D eigenvalue weighted by Crippen LogP contribution is 2.46. The van der Waals surface area contributed by atoms with Crippen molar-refractivity contribution in [3.63, 3.8) is 0 Å². The minimum absolute atomic E-state index is 0.0242. The topological polar surface area (TPSA) is 97.2 Å². The number of aliphatic imine (C=N–C) groups is 1. The van der Waals surface area contributed by atoms with E-state index in [0.717, 1.165) is 30.7 Å². The summed E-state index contributed by atoms with van der Waals surface area (Å²) in [6.07, 6.45) is 13.0. The summed E-state index contributed by atoms with van der Waals surface area (Å²) in [7, 11) is 0. The molecule has 0 radical (unpaired) electrons. The summed E-state index contributed by atoms with van der Waals surface area (Å²) in [4.78, 5) is 29.1. The zero-order valence-corrected chi connectivity index (χ0v) is 20.5. The molecule has 3 heterocycles. The molecule has 3 fully saturated rings. The third-order valence-corrected chi connectivity index (χ3v) is 8.45. The number of fused-ring (bicyclic) bond motifs is 2. The van der Waals surface area contributed by atoms with Crippen molar-refractivity contribution in [2.45, 2.75) is 88.9 Å². The van der Waals surface area contributed by atoms with Crippen molar-refractivity contribution < 1.29 is 24.2 Å². The number of rotatable bonds is 10. The van der Waals surface area contributed by atoms with Crippen molar-refractivity contribution in [3.8, 4) is 0 Å². The van der Waals surface area contributed by atoms with Gasteiger partial charge in [0.05, 0.1) is 23.7 Å². The maximum atomic E-state index is 12.7. The molecule has 1 amide bonds. The Labute approximate surface area is 207 Å². The summed E-state index contributed by atoms with van der Waals surface area (Å²) in [6, 6.07) is 6.66. The number of carboxylic acids is 1. The zero-order chi connectivity index (χ0) is 24.2. The Balaban J connectivity index is 1.15. The molecule has 1 aliphatic carbocycles. The van der Waals surface area contributed by atoms with Crippen LogP contribution in [0.25, 0.3) is 0 Å². The minimum Gasteiger partial charge on any atom is -0.478 e. The molecule has 0 spiro atoms. The first-order valence-electron chi connectivity index (χ1n) is 13.5. The van der Waals surface area contributed by atoms with Crippen LogP contribution in [-0.2, 0) is 20.7 Å². The maximum absolute atomic E-state index is 12.7. The van der Waals surface area contributed by atoms with Gasteiger partial charge < -0.3 is 19.9 Å². The molecule has 4 aliphatic rings. The normalized spacial score (nSPS) is 30.2. The van der Waals surface area contributed by atoms with Gasteiger partial charge in [0.1, 0.15) is 6.61 Å². The summed E-state index contributed by atoms with van der Waals surface area (Å²) in [5.74, 6) is 0.612. The van der Waals surface area contributed by atoms with Gasteiger partial charge in [0.2, 0.25) is 5.91 Å². The fraction of sp³-hybridized carbons (Fsp3) is 0.679. The van der Waals surface area contributed by atoms with Gasteiger partial charge in [-0.2, -0.15) is 0 Å².